The van der Waals surface area contributed by atoms with Gasteiger partial charge in [-0.2, -0.15) is 0 Å². The van der Waals surface area contributed by atoms with E-state index in [0.717, 1.165) is 46.8 Å². The number of anilines is 1. The Hall–Kier alpha value is -1.93. The van der Waals surface area contributed by atoms with Gasteiger partial charge in [-0.15, -0.1) is 0 Å². The van der Waals surface area contributed by atoms with Gasteiger partial charge >= 0.3 is 0 Å². The molecule has 0 amide bonds. The van der Waals surface area contributed by atoms with Crippen LogP contribution in [0.1, 0.15) is 25.1 Å². The number of pyridine rings is 1. The molecule has 2 heterocycles. The molecule has 0 spiro atoms. The summed E-state index contributed by atoms with van der Waals surface area (Å²) in [5.74, 6) is 2.17. The van der Waals surface area contributed by atoms with Gasteiger partial charge in [-0.1, -0.05) is 30.7 Å². The van der Waals surface area contributed by atoms with Crippen molar-refractivity contribution in [2.75, 3.05) is 18.0 Å². The minimum absolute atomic E-state index is 0.593. The van der Waals surface area contributed by atoms with Gasteiger partial charge in [-0.25, -0.2) is 15.0 Å². The normalized spacial score (nSPS) is 10.7. The lowest BCUT2D eigenvalue weighted by atomic mass is 10.1. The number of halogens is 2. The highest BCUT2D eigenvalue weighted by molar-refractivity contribution is 14.1. The predicted octanol–water partition coefficient (Wildman–Crippen LogP) is 5.55. The minimum atomic E-state index is 0.593. The van der Waals surface area contributed by atoms with Crippen molar-refractivity contribution in [2.24, 2.45) is 0 Å². The smallest absolute Gasteiger partial charge is 0.219 e. The average Bonchev–Trinajstić information content (AvgIpc) is 2.72. The van der Waals surface area contributed by atoms with Gasteiger partial charge in [0.25, 0.3) is 0 Å². The molecule has 0 aliphatic rings. The first-order chi connectivity index (χ1) is 13.6. The SMILES string of the molecule is CCc1ncnc(N(CC)CCc2ccc(Oc3ccc(I)cn3)cc2)c1Cl. The number of nitrogens with zero attached hydrogens (tertiary/aromatic N) is 4. The van der Waals surface area contributed by atoms with Crippen molar-refractivity contribution in [2.45, 2.75) is 26.7 Å². The van der Waals surface area contributed by atoms with Crippen LogP contribution < -0.4 is 9.64 Å². The number of benzene rings is 1. The van der Waals surface area contributed by atoms with Gasteiger partial charge in [-0.05, 0) is 66.1 Å². The Bertz CT molecular complexity index is 903. The minimum Gasteiger partial charge on any atom is -0.439 e. The molecule has 0 atom stereocenters. The number of hydrogen-bond donors (Lipinski definition) is 0. The third-order valence-electron chi connectivity index (χ3n) is 4.38. The summed E-state index contributed by atoms with van der Waals surface area (Å²) in [7, 11) is 0. The van der Waals surface area contributed by atoms with Crippen molar-refractivity contribution in [1.82, 2.24) is 15.0 Å². The van der Waals surface area contributed by atoms with Crippen molar-refractivity contribution < 1.29 is 4.74 Å². The van der Waals surface area contributed by atoms with Crippen LogP contribution in [0.4, 0.5) is 5.82 Å². The molecule has 5 nitrogen and oxygen atoms in total. The lowest BCUT2D eigenvalue weighted by Gasteiger charge is -2.23. The van der Waals surface area contributed by atoms with Crippen molar-refractivity contribution >= 4 is 40.0 Å². The maximum absolute atomic E-state index is 6.48. The van der Waals surface area contributed by atoms with Gasteiger partial charge in [0.05, 0.1) is 5.69 Å². The zero-order valence-corrected chi connectivity index (χ0v) is 18.8. The topological polar surface area (TPSA) is 51.1 Å². The Kier molecular flexibility index (Phi) is 7.44. The quantitative estimate of drug-likeness (QED) is 0.373. The highest BCUT2D eigenvalue weighted by atomic mass is 127. The molecule has 0 saturated carbocycles. The Morgan fingerprint density at radius 3 is 2.46 bits per heavy atom. The number of aryl methyl sites for hydroxylation is 1. The third kappa shape index (κ3) is 5.32. The summed E-state index contributed by atoms with van der Waals surface area (Å²) in [6, 6.07) is 11.9. The first-order valence-electron chi connectivity index (χ1n) is 9.23. The Morgan fingerprint density at radius 2 is 1.82 bits per heavy atom. The van der Waals surface area contributed by atoms with E-state index in [0.29, 0.717) is 10.9 Å². The van der Waals surface area contributed by atoms with Gasteiger partial charge in [-0.3, -0.25) is 0 Å². The maximum Gasteiger partial charge on any atom is 0.219 e. The van der Waals surface area contributed by atoms with Crippen LogP contribution in [0, 0.1) is 3.57 Å². The highest BCUT2D eigenvalue weighted by Gasteiger charge is 2.14. The van der Waals surface area contributed by atoms with Crippen molar-refractivity contribution in [3.63, 3.8) is 0 Å². The van der Waals surface area contributed by atoms with Gasteiger partial charge in [0, 0.05) is 28.9 Å². The first-order valence-corrected chi connectivity index (χ1v) is 10.7. The van der Waals surface area contributed by atoms with Crippen LogP contribution in [0.2, 0.25) is 5.02 Å². The summed E-state index contributed by atoms with van der Waals surface area (Å²) in [5.41, 5.74) is 2.11. The van der Waals surface area contributed by atoms with Crippen LogP contribution in [0.15, 0.2) is 48.9 Å². The summed E-state index contributed by atoms with van der Waals surface area (Å²) >= 11 is 8.70. The molecule has 2 aromatic heterocycles. The Labute approximate surface area is 184 Å². The van der Waals surface area contributed by atoms with Crippen molar-refractivity contribution in [3.8, 4) is 11.6 Å². The summed E-state index contributed by atoms with van der Waals surface area (Å²) < 4.78 is 6.87. The second-order valence-corrected chi connectivity index (χ2v) is 7.83. The fraction of sp³-hybridized carbons (Fsp3) is 0.286. The molecule has 0 bridgehead atoms. The fourth-order valence-corrected chi connectivity index (χ4v) is 3.48. The molecule has 0 N–H and O–H groups in total. The van der Waals surface area contributed by atoms with E-state index in [1.807, 2.05) is 31.2 Å². The summed E-state index contributed by atoms with van der Waals surface area (Å²) in [4.78, 5) is 15.1. The van der Waals surface area contributed by atoms with E-state index < -0.39 is 0 Å². The summed E-state index contributed by atoms with van der Waals surface area (Å²) in [6.45, 7) is 5.81. The lowest BCUT2D eigenvalue weighted by molar-refractivity contribution is 0.462. The van der Waals surface area contributed by atoms with Crippen LogP contribution in [-0.2, 0) is 12.8 Å². The molecule has 0 saturated heterocycles. The van der Waals surface area contributed by atoms with Gasteiger partial charge in [0.15, 0.2) is 5.82 Å². The van der Waals surface area contributed by atoms with Gasteiger partial charge in [0.1, 0.15) is 17.1 Å². The molecular formula is C21H22ClIN4O. The number of aromatic nitrogens is 3. The monoisotopic (exact) mass is 508 g/mol. The van der Waals surface area contributed by atoms with Crippen LogP contribution in [0.25, 0.3) is 0 Å². The highest BCUT2D eigenvalue weighted by Crippen LogP contribution is 2.26. The van der Waals surface area contributed by atoms with Crippen molar-refractivity contribution in [1.29, 1.82) is 0 Å². The second-order valence-electron chi connectivity index (χ2n) is 6.20. The molecule has 0 radical (unpaired) electrons. The third-order valence-corrected chi connectivity index (χ3v) is 5.40. The van der Waals surface area contributed by atoms with E-state index in [2.05, 4.69) is 61.5 Å². The number of likely N-dealkylation sites (N-methyl/N-ethyl adjacent to an activating group) is 1. The standard InChI is InChI=1S/C21H22ClIN4O/c1-3-18-20(22)21(26-14-25-18)27(4-2)12-11-15-5-8-17(9-6-15)28-19-10-7-16(23)13-24-19/h5-10,13-14H,3-4,11-12H2,1-2H3. The number of hydrogen-bond acceptors (Lipinski definition) is 5. The molecule has 0 aliphatic carbocycles. The first kappa shape index (κ1) is 20.8. The molecule has 3 rings (SSSR count). The zero-order valence-electron chi connectivity index (χ0n) is 15.9. The average molecular weight is 509 g/mol. The predicted molar refractivity (Wildman–Crippen MR) is 121 cm³/mol. The van der Waals surface area contributed by atoms with E-state index >= 15 is 0 Å². The lowest BCUT2D eigenvalue weighted by Crippen LogP contribution is -2.27. The Balaban J connectivity index is 1.62. The Morgan fingerprint density at radius 1 is 1.04 bits per heavy atom. The van der Waals surface area contributed by atoms with Gasteiger partial charge < -0.3 is 9.64 Å². The molecular weight excluding hydrogens is 487 g/mol. The molecule has 7 heteroatoms. The molecule has 0 unspecified atom stereocenters. The van der Waals surface area contributed by atoms with Crippen molar-refractivity contribution in [3.05, 3.63) is 68.8 Å². The number of ether oxygens (including phenoxy) is 1. The summed E-state index contributed by atoms with van der Waals surface area (Å²) in [5, 5.41) is 0.653. The number of rotatable bonds is 8. The molecule has 28 heavy (non-hydrogen) atoms. The second kappa shape index (κ2) is 10.0. The molecule has 146 valence electrons. The van der Waals surface area contributed by atoms with E-state index in [9.17, 15) is 0 Å². The van der Waals surface area contributed by atoms with E-state index in [-0.39, 0.29) is 0 Å². The van der Waals surface area contributed by atoms with Crippen LogP contribution in [0.3, 0.4) is 0 Å². The molecule has 3 aromatic rings. The molecule has 1 aromatic carbocycles. The van der Waals surface area contributed by atoms with Gasteiger partial charge in [0.2, 0.25) is 5.88 Å². The maximum atomic E-state index is 6.48. The van der Waals surface area contributed by atoms with Crippen LogP contribution in [-0.4, -0.2) is 28.0 Å². The summed E-state index contributed by atoms with van der Waals surface area (Å²) in [6.07, 6.45) is 5.06. The van der Waals surface area contributed by atoms with E-state index in [4.69, 9.17) is 16.3 Å². The van der Waals surface area contributed by atoms with Crippen LogP contribution >= 0.6 is 34.2 Å². The van der Waals surface area contributed by atoms with Crippen LogP contribution in [0.5, 0.6) is 11.6 Å². The molecule has 0 aliphatic heterocycles. The zero-order chi connectivity index (χ0) is 19.9. The largest absolute Gasteiger partial charge is 0.439 e. The molecule has 0 fully saturated rings. The van der Waals surface area contributed by atoms with E-state index in [1.54, 1.807) is 12.5 Å². The fourth-order valence-electron chi connectivity index (χ4n) is 2.81. The van der Waals surface area contributed by atoms with E-state index in [1.165, 1.54) is 5.56 Å².